The molecule has 6 heteroatoms. The minimum atomic E-state index is -0.595. The van der Waals surface area contributed by atoms with Gasteiger partial charge in [0.25, 0.3) is 5.91 Å². The van der Waals surface area contributed by atoms with Crippen molar-refractivity contribution in [3.05, 3.63) is 18.0 Å². The number of carbonyl (C=O) groups is 1. The smallest absolute Gasteiger partial charge is 0.273 e. The number of amides is 1. The zero-order valence-electron chi connectivity index (χ0n) is 12.8. The van der Waals surface area contributed by atoms with Crippen molar-refractivity contribution in [3.8, 4) is 0 Å². The Hall–Kier alpha value is -1.40. The van der Waals surface area contributed by atoms with Crippen LogP contribution in [0.5, 0.6) is 0 Å². The average Bonchev–Trinajstić information content (AvgIpc) is 2.97. The number of nitrogens with one attached hydrogen (secondary N) is 1. The lowest BCUT2D eigenvalue weighted by atomic mass is 9.96. The number of aliphatic hydroxyl groups is 1. The van der Waals surface area contributed by atoms with Gasteiger partial charge >= 0.3 is 0 Å². The van der Waals surface area contributed by atoms with E-state index >= 15 is 0 Å². The minimum absolute atomic E-state index is 0.173. The lowest BCUT2D eigenvalue weighted by Gasteiger charge is -2.33. The van der Waals surface area contributed by atoms with E-state index in [0.717, 1.165) is 38.9 Å². The summed E-state index contributed by atoms with van der Waals surface area (Å²) in [6.07, 6.45) is 4.34. The Labute approximate surface area is 125 Å². The predicted molar refractivity (Wildman–Crippen MR) is 78.9 cm³/mol. The normalized spacial score (nSPS) is 17.9. The first kappa shape index (κ1) is 16.0. The van der Waals surface area contributed by atoms with Crippen molar-refractivity contribution in [3.63, 3.8) is 0 Å². The van der Waals surface area contributed by atoms with E-state index < -0.39 is 5.60 Å². The first-order chi connectivity index (χ1) is 9.94. The van der Waals surface area contributed by atoms with Crippen LogP contribution in [0.2, 0.25) is 0 Å². The van der Waals surface area contributed by atoms with E-state index in [-0.39, 0.29) is 5.91 Å². The highest BCUT2D eigenvalue weighted by molar-refractivity contribution is 5.91. The van der Waals surface area contributed by atoms with E-state index in [2.05, 4.69) is 19.9 Å². The molecule has 0 aliphatic carbocycles. The Kier molecular flexibility index (Phi) is 5.36. The molecule has 1 aromatic rings. The summed E-state index contributed by atoms with van der Waals surface area (Å²) in [4.78, 5) is 14.1. The number of hydrogen-bond acceptors (Lipinski definition) is 5. The number of aromatic nitrogens is 1. The molecule has 1 amide bonds. The fourth-order valence-electron chi connectivity index (χ4n) is 2.50. The summed E-state index contributed by atoms with van der Waals surface area (Å²) in [5.41, 5.74) is -0.264. The monoisotopic (exact) mass is 295 g/mol. The van der Waals surface area contributed by atoms with Crippen LogP contribution in [-0.4, -0.2) is 52.9 Å². The quantitative estimate of drug-likeness (QED) is 0.826. The van der Waals surface area contributed by atoms with Gasteiger partial charge in [0.05, 0.1) is 5.60 Å². The summed E-state index contributed by atoms with van der Waals surface area (Å²) >= 11 is 0. The lowest BCUT2D eigenvalue weighted by Crippen LogP contribution is -2.40. The van der Waals surface area contributed by atoms with Crippen molar-refractivity contribution in [2.45, 2.75) is 38.7 Å². The number of carbonyl (C=O) groups excluding carboxylic acids is 1. The fraction of sp³-hybridized carbons (Fsp3) is 0.733. The van der Waals surface area contributed by atoms with Crippen LogP contribution in [-0.2, 0) is 0 Å². The molecule has 118 valence electrons. The Bertz CT molecular complexity index is 432. The van der Waals surface area contributed by atoms with E-state index in [4.69, 9.17) is 0 Å². The third kappa shape index (κ3) is 5.47. The van der Waals surface area contributed by atoms with E-state index in [9.17, 15) is 9.90 Å². The molecule has 0 saturated carbocycles. The molecule has 21 heavy (non-hydrogen) atoms. The maximum absolute atomic E-state index is 11.8. The Morgan fingerprint density at radius 3 is 2.81 bits per heavy atom. The van der Waals surface area contributed by atoms with E-state index in [0.29, 0.717) is 18.2 Å². The van der Waals surface area contributed by atoms with Crippen LogP contribution >= 0.6 is 0 Å². The van der Waals surface area contributed by atoms with Crippen molar-refractivity contribution in [1.82, 2.24) is 15.4 Å². The number of piperidine rings is 1. The molecule has 2 rings (SSSR count). The minimum Gasteiger partial charge on any atom is -0.390 e. The van der Waals surface area contributed by atoms with Gasteiger partial charge < -0.3 is 19.8 Å². The highest BCUT2D eigenvalue weighted by Gasteiger charge is 2.22. The molecule has 1 fully saturated rings. The summed E-state index contributed by atoms with van der Waals surface area (Å²) < 4.78 is 4.66. The third-order valence-electron chi connectivity index (χ3n) is 3.97. The average molecular weight is 295 g/mol. The molecule has 2 N–H and O–H groups in total. The summed E-state index contributed by atoms with van der Waals surface area (Å²) in [5, 5.41) is 16.3. The summed E-state index contributed by atoms with van der Waals surface area (Å²) in [7, 11) is 0. The standard InChI is InChI=1S/C15H25N3O3/c1-15(2,20)6-9-18-7-3-12(4-8-18)11-16-14(19)13-5-10-21-17-13/h5,10,12,20H,3-4,6-9,11H2,1-2H3,(H,16,19). The Morgan fingerprint density at radius 2 is 2.24 bits per heavy atom. The van der Waals surface area contributed by atoms with Crippen LogP contribution in [0.4, 0.5) is 0 Å². The Balaban J connectivity index is 1.64. The van der Waals surface area contributed by atoms with Gasteiger partial charge in [-0.15, -0.1) is 0 Å². The maximum atomic E-state index is 11.8. The maximum Gasteiger partial charge on any atom is 0.273 e. The van der Waals surface area contributed by atoms with Gasteiger partial charge in [0.15, 0.2) is 5.69 Å². The molecule has 0 spiro atoms. The molecule has 6 nitrogen and oxygen atoms in total. The first-order valence-corrected chi connectivity index (χ1v) is 7.57. The lowest BCUT2D eigenvalue weighted by molar-refractivity contribution is 0.0518. The van der Waals surface area contributed by atoms with Crippen LogP contribution in [0.15, 0.2) is 16.9 Å². The highest BCUT2D eigenvalue weighted by Crippen LogP contribution is 2.18. The van der Waals surface area contributed by atoms with Crippen molar-refractivity contribution < 1.29 is 14.4 Å². The number of nitrogens with zero attached hydrogens (tertiary/aromatic N) is 2. The predicted octanol–water partition coefficient (Wildman–Crippen LogP) is 1.28. The zero-order valence-corrected chi connectivity index (χ0v) is 12.8. The second-order valence-corrected chi connectivity index (χ2v) is 6.44. The van der Waals surface area contributed by atoms with Crippen molar-refractivity contribution in [2.75, 3.05) is 26.2 Å². The second-order valence-electron chi connectivity index (χ2n) is 6.44. The summed E-state index contributed by atoms with van der Waals surface area (Å²) in [5.74, 6) is 0.340. The number of likely N-dealkylation sites (tertiary alicyclic amines) is 1. The van der Waals surface area contributed by atoms with Gasteiger partial charge in [0, 0.05) is 19.2 Å². The van der Waals surface area contributed by atoms with Crippen LogP contribution in [0.1, 0.15) is 43.6 Å². The summed E-state index contributed by atoms with van der Waals surface area (Å²) in [6.45, 7) is 7.37. The van der Waals surface area contributed by atoms with Gasteiger partial charge in [-0.1, -0.05) is 5.16 Å². The molecule has 1 aromatic heterocycles. The van der Waals surface area contributed by atoms with Gasteiger partial charge in [0.1, 0.15) is 6.26 Å². The molecular formula is C15H25N3O3. The number of hydrogen-bond donors (Lipinski definition) is 2. The largest absolute Gasteiger partial charge is 0.390 e. The van der Waals surface area contributed by atoms with E-state index in [1.165, 1.54) is 6.26 Å². The van der Waals surface area contributed by atoms with E-state index in [1.807, 2.05) is 13.8 Å². The first-order valence-electron chi connectivity index (χ1n) is 7.57. The zero-order chi connectivity index (χ0) is 15.3. The molecule has 1 aliphatic heterocycles. The molecule has 1 aliphatic rings. The summed E-state index contributed by atoms with van der Waals surface area (Å²) in [6, 6.07) is 1.56. The topological polar surface area (TPSA) is 78.6 Å². The molecule has 0 atom stereocenters. The molecular weight excluding hydrogens is 270 g/mol. The van der Waals surface area contributed by atoms with E-state index in [1.54, 1.807) is 6.07 Å². The molecule has 0 bridgehead atoms. The van der Waals surface area contributed by atoms with Crippen LogP contribution in [0, 0.1) is 5.92 Å². The van der Waals surface area contributed by atoms with Gasteiger partial charge in [-0.05, 0) is 52.1 Å². The molecule has 0 aromatic carbocycles. The van der Waals surface area contributed by atoms with Gasteiger partial charge in [-0.2, -0.15) is 0 Å². The van der Waals surface area contributed by atoms with Gasteiger partial charge in [-0.3, -0.25) is 4.79 Å². The van der Waals surface area contributed by atoms with Gasteiger partial charge in [-0.25, -0.2) is 0 Å². The van der Waals surface area contributed by atoms with Crippen molar-refractivity contribution in [1.29, 1.82) is 0 Å². The SMILES string of the molecule is CC(C)(O)CCN1CCC(CNC(=O)c2ccon2)CC1. The van der Waals surface area contributed by atoms with Crippen LogP contribution in [0.25, 0.3) is 0 Å². The number of rotatable bonds is 6. The molecule has 1 saturated heterocycles. The fourth-order valence-corrected chi connectivity index (χ4v) is 2.50. The van der Waals surface area contributed by atoms with Gasteiger partial charge in [0.2, 0.25) is 0 Å². The van der Waals surface area contributed by atoms with Crippen LogP contribution < -0.4 is 5.32 Å². The Morgan fingerprint density at radius 1 is 1.52 bits per heavy atom. The molecule has 0 radical (unpaired) electrons. The second kappa shape index (κ2) is 7.04. The molecule has 0 unspecified atom stereocenters. The molecule has 2 heterocycles. The van der Waals surface area contributed by atoms with Crippen LogP contribution in [0.3, 0.4) is 0 Å². The van der Waals surface area contributed by atoms with Crippen molar-refractivity contribution >= 4 is 5.91 Å². The highest BCUT2D eigenvalue weighted by atomic mass is 16.5. The third-order valence-corrected chi connectivity index (χ3v) is 3.97. The van der Waals surface area contributed by atoms with Crippen molar-refractivity contribution in [2.24, 2.45) is 5.92 Å².